The fourth-order valence-corrected chi connectivity index (χ4v) is 1.56. The number of amides is 1. The number of ether oxygens (including phenoxy) is 1. The number of carbonyl (C=O) groups excluding carboxylic acids is 1. The first kappa shape index (κ1) is 12.0. The van der Waals surface area contributed by atoms with Crippen LogP contribution in [0.4, 0.5) is 0 Å². The van der Waals surface area contributed by atoms with Gasteiger partial charge in [-0.3, -0.25) is 4.79 Å². The van der Waals surface area contributed by atoms with Gasteiger partial charge < -0.3 is 9.64 Å². The molecule has 0 N–H and O–H groups in total. The lowest BCUT2D eigenvalue weighted by Gasteiger charge is -2.15. The van der Waals surface area contributed by atoms with Gasteiger partial charge in [-0.2, -0.15) is 0 Å². The van der Waals surface area contributed by atoms with Gasteiger partial charge in [0, 0.05) is 18.9 Å². The molecular formula is C11H14BrNO2. The molecule has 0 aliphatic carbocycles. The monoisotopic (exact) mass is 271 g/mol. The molecule has 82 valence electrons. The van der Waals surface area contributed by atoms with E-state index in [1.165, 1.54) is 0 Å². The van der Waals surface area contributed by atoms with Crippen molar-refractivity contribution in [2.45, 2.75) is 0 Å². The Morgan fingerprint density at radius 1 is 1.40 bits per heavy atom. The van der Waals surface area contributed by atoms with E-state index < -0.39 is 0 Å². The number of nitrogens with zero attached hydrogens (tertiary/aromatic N) is 1. The zero-order chi connectivity index (χ0) is 11.1. The Bertz CT molecular complexity index is 303. The molecule has 3 nitrogen and oxygen atoms in total. The van der Waals surface area contributed by atoms with Crippen LogP contribution in [-0.2, 0) is 4.79 Å². The Hall–Kier alpha value is -1.03. The highest BCUT2D eigenvalue weighted by atomic mass is 79.9. The predicted molar refractivity (Wildman–Crippen MR) is 63.4 cm³/mol. The van der Waals surface area contributed by atoms with Crippen LogP contribution in [0.5, 0.6) is 5.75 Å². The average Bonchev–Trinajstić information content (AvgIpc) is 2.27. The number of rotatable bonds is 5. The SMILES string of the molecule is CN(CCBr)C(=O)COc1ccccc1. The van der Waals surface area contributed by atoms with Crippen LogP contribution in [0.25, 0.3) is 0 Å². The molecule has 1 amide bonds. The number of hydrogen-bond acceptors (Lipinski definition) is 2. The highest BCUT2D eigenvalue weighted by Crippen LogP contribution is 2.08. The molecule has 1 aromatic rings. The third-order valence-corrected chi connectivity index (χ3v) is 2.31. The summed E-state index contributed by atoms with van der Waals surface area (Å²) in [4.78, 5) is 13.1. The molecule has 15 heavy (non-hydrogen) atoms. The van der Waals surface area contributed by atoms with Crippen LogP contribution in [0.2, 0.25) is 0 Å². The molecule has 4 heteroatoms. The minimum Gasteiger partial charge on any atom is -0.484 e. The van der Waals surface area contributed by atoms with Crippen molar-refractivity contribution < 1.29 is 9.53 Å². The van der Waals surface area contributed by atoms with Crippen molar-refractivity contribution in [3.63, 3.8) is 0 Å². The molecule has 0 spiro atoms. The summed E-state index contributed by atoms with van der Waals surface area (Å²) in [7, 11) is 1.76. The van der Waals surface area contributed by atoms with Gasteiger partial charge in [0.25, 0.3) is 5.91 Å². The molecule has 0 unspecified atom stereocenters. The van der Waals surface area contributed by atoms with E-state index in [9.17, 15) is 4.79 Å². The maximum atomic E-state index is 11.5. The number of benzene rings is 1. The highest BCUT2D eigenvalue weighted by Gasteiger charge is 2.07. The summed E-state index contributed by atoms with van der Waals surface area (Å²) >= 11 is 3.28. The number of hydrogen-bond donors (Lipinski definition) is 0. The Balaban J connectivity index is 2.34. The second kappa shape index (κ2) is 6.45. The molecule has 0 atom stereocenters. The Morgan fingerprint density at radius 2 is 2.07 bits per heavy atom. The first-order chi connectivity index (χ1) is 7.24. The predicted octanol–water partition coefficient (Wildman–Crippen LogP) is 1.92. The van der Waals surface area contributed by atoms with E-state index >= 15 is 0 Å². The van der Waals surface area contributed by atoms with Gasteiger partial charge in [0.05, 0.1) is 0 Å². The lowest BCUT2D eigenvalue weighted by molar-refractivity contribution is -0.131. The lowest BCUT2D eigenvalue weighted by atomic mass is 10.3. The molecule has 0 saturated carbocycles. The molecule has 0 heterocycles. The quantitative estimate of drug-likeness (QED) is 0.766. The maximum Gasteiger partial charge on any atom is 0.260 e. The Labute approximate surface area is 98.2 Å². The van der Waals surface area contributed by atoms with E-state index in [1.807, 2.05) is 30.3 Å². The molecular weight excluding hydrogens is 258 g/mol. The van der Waals surface area contributed by atoms with Gasteiger partial charge in [-0.05, 0) is 12.1 Å². The molecule has 0 saturated heterocycles. The third kappa shape index (κ3) is 4.34. The zero-order valence-corrected chi connectivity index (χ0v) is 10.2. The van der Waals surface area contributed by atoms with E-state index in [1.54, 1.807) is 11.9 Å². The van der Waals surface area contributed by atoms with E-state index in [0.29, 0.717) is 6.54 Å². The molecule has 0 radical (unpaired) electrons. The second-order valence-corrected chi connectivity index (χ2v) is 3.90. The summed E-state index contributed by atoms with van der Waals surface area (Å²) in [6.07, 6.45) is 0. The summed E-state index contributed by atoms with van der Waals surface area (Å²) in [5.41, 5.74) is 0. The van der Waals surface area contributed by atoms with Crippen molar-refractivity contribution in [1.29, 1.82) is 0 Å². The molecule has 0 bridgehead atoms. The average molecular weight is 272 g/mol. The fraction of sp³-hybridized carbons (Fsp3) is 0.364. The largest absolute Gasteiger partial charge is 0.484 e. The summed E-state index contributed by atoms with van der Waals surface area (Å²) in [6, 6.07) is 9.32. The van der Waals surface area contributed by atoms with Gasteiger partial charge >= 0.3 is 0 Å². The number of halogens is 1. The van der Waals surface area contributed by atoms with E-state index in [-0.39, 0.29) is 12.5 Å². The van der Waals surface area contributed by atoms with Crippen molar-refractivity contribution in [2.75, 3.05) is 25.5 Å². The Kier molecular flexibility index (Phi) is 5.18. The smallest absolute Gasteiger partial charge is 0.260 e. The van der Waals surface area contributed by atoms with Crippen molar-refractivity contribution in [2.24, 2.45) is 0 Å². The molecule has 1 aromatic carbocycles. The van der Waals surface area contributed by atoms with Crippen molar-refractivity contribution >= 4 is 21.8 Å². The Morgan fingerprint density at radius 3 is 2.67 bits per heavy atom. The minimum absolute atomic E-state index is 0.0155. The number of carbonyl (C=O) groups is 1. The minimum atomic E-state index is -0.0155. The van der Waals surface area contributed by atoms with Gasteiger partial charge in [0.15, 0.2) is 6.61 Å². The molecule has 0 aliphatic heterocycles. The van der Waals surface area contributed by atoms with Crippen LogP contribution in [0, 0.1) is 0 Å². The van der Waals surface area contributed by atoms with Crippen LogP contribution in [-0.4, -0.2) is 36.3 Å². The van der Waals surface area contributed by atoms with Crippen LogP contribution in [0.15, 0.2) is 30.3 Å². The topological polar surface area (TPSA) is 29.5 Å². The number of likely N-dealkylation sites (N-methyl/N-ethyl adjacent to an activating group) is 1. The van der Waals surface area contributed by atoms with Crippen molar-refractivity contribution in [3.8, 4) is 5.75 Å². The summed E-state index contributed by atoms with van der Waals surface area (Å²) in [6.45, 7) is 0.782. The first-order valence-corrected chi connectivity index (χ1v) is 5.84. The number of para-hydroxylation sites is 1. The lowest BCUT2D eigenvalue weighted by Crippen LogP contribution is -2.32. The van der Waals surface area contributed by atoms with Crippen LogP contribution < -0.4 is 4.74 Å². The van der Waals surface area contributed by atoms with Crippen molar-refractivity contribution in [3.05, 3.63) is 30.3 Å². The summed E-state index contributed by atoms with van der Waals surface area (Å²) in [5.74, 6) is 0.705. The van der Waals surface area contributed by atoms with Gasteiger partial charge in [-0.15, -0.1) is 0 Å². The first-order valence-electron chi connectivity index (χ1n) is 4.72. The third-order valence-electron chi connectivity index (χ3n) is 1.95. The second-order valence-electron chi connectivity index (χ2n) is 3.11. The van der Waals surface area contributed by atoms with E-state index in [0.717, 1.165) is 11.1 Å². The normalized spacial score (nSPS) is 9.73. The van der Waals surface area contributed by atoms with Crippen LogP contribution in [0.3, 0.4) is 0 Å². The summed E-state index contributed by atoms with van der Waals surface area (Å²) < 4.78 is 5.33. The molecule has 0 fully saturated rings. The van der Waals surface area contributed by atoms with Gasteiger partial charge in [-0.1, -0.05) is 34.1 Å². The summed E-state index contributed by atoms with van der Waals surface area (Å²) in [5, 5.41) is 0.778. The van der Waals surface area contributed by atoms with E-state index in [4.69, 9.17) is 4.74 Å². The van der Waals surface area contributed by atoms with Crippen molar-refractivity contribution in [1.82, 2.24) is 4.90 Å². The van der Waals surface area contributed by atoms with Gasteiger partial charge in [0.2, 0.25) is 0 Å². The molecule has 0 aromatic heterocycles. The fourth-order valence-electron chi connectivity index (χ4n) is 1.02. The van der Waals surface area contributed by atoms with Crippen LogP contribution in [0.1, 0.15) is 0 Å². The highest BCUT2D eigenvalue weighted by molar-refractivity contribution is 9.09. The van der Waals surface area contributed by atoms with Gasteiger partial charge in [-0.25, -0.2) is 0 Å². The standard InChI is InChI=1S/C11H14BrNO2/c1-13(8-7-12)11(14)9-15-10-5-3-2-4-6-10/h2-6H,7-9H2,1H3. The van der Waals surface area contributed by atoms with E-state index in [2.05, 4.69) is 15.9 Å². The maximum absolute atomic E-state index is 11.5. The molecule has 0 aliphatic rings. The van der Waals surface area contributed by atoms with Crippen LogP contribution >= 0.6 is 15.9 Å². The zero-order valence-electron chi connectivity index (χ0n) is 8.65. The van der Waals surface area contributed by atoms with Gasteiger partial charge in [0.1, 0.15) is 5.75 Å². The molecule has 1 rings (SSSR count). The number of alkyl halides is 1.